The summed E-state index contributed by atoms with van der Waals surface area (Å²) in [5, 5.41) is 8.87. The number of unbranched alkanes of at least 4 members (excludes halogenated alkanes) is 10. The van der Waals surface area contributed by atoms with E-state index in [0.717, 1.165) is 24.9 Å². The van der Waals surface area contributed by atoms with Crippen LogP contribution in [0.3, 0.4) is 0 Å². The third-order valence-electron chi connectivity index (χ3n) is 4.95. The van der Waals surface area contributed by atoms with Gasteiger partial charge in [0.1, 0.15) is 6.17 Å². The fourth-order valence-electron chi connectivity index (χ4n) is 3.20. The van der Waals surface area contributed by atoms with Gasteiger partial charge in [-0.3, -0.25) is 4.79 Å². The first-order valence-corrected chi connectivity index (χ1v) is 12.9. The Morgan fingerprint density at radius 1 is 0.871 bits per heavy atom. The van der Waals surface area contributed by atoms with Gasteiger partial charge in [0, 0.05) is 12.1 Å². The van der Waals surface area contributed by atoms with E-state index >= 15 is 0 Å². The van der Waals surface area contributed by atoms with E-state index in [1.807, 2.05) is 30.3 Å². The third-order valence-corrected chi connectivity index (χ3v) is 5.82. The van der Waals surface area contributed by atoms with E-state index < -0.39 is 9.96 Å². The molecular weight excluding hydrogens is 473 g/mol. The van der Waals surface area contributed by atoms with Crippen LogP contribution < -0.4 is 16.0 Å². The number of thiocarbonyl (C=S) groups is 1. The molecule has 176 valence electrons. The van der Waals surface area contributed by atoms with Crippen LogP contribution in [0.2, 0.25) is 0 Å². The molecule has 1 atom stereocenters. The number of carbonyl (C=O) groups excluding carboxylic acids is 1. The highest BCUT2D eigenvalue weighted by molar-refractivity contribution is 7.80. The van der Waals surface area contributed by atoms with Gasteiger partial charge in [0.2, 0.25) is 9.70 Å². The summed E-state index contributed by atoms with van der Waals surface area (Å²) < 4.78 is -1.74. The molecule has 0 aromatic heterocycles. The van der Waals surface area contributed by atoms with Crippen molar-refractivity contribution in [3.63, 3.8) is 0 Å². The van der Waals surface area contributed by atoms with Crippen molar-refractivity contribution in [2.75, 3.05) is 5.32 Å². The van der Waals surface area contributed by atoms with Crippen molar-refractivity contribution in [2.24, 2.45) is 0 Å². The molecule has 1 aromatic carbocycles. The molecule has 8 heteroatoms. The Morgan fingerprint density at radius 2 is 1.39 bits per heavy atom. The molecule has 0 unspecified atom stereocenters. The lowest BCUT2D eigenvalue weighted by Crippen LogP contribution is -2.56. The molecule has 1 aromatic rings. The van der Waals surface area contributed by atoms with Gasteiger partial charge in [0.15, 0.2) is 5.11 Å². The summed E-state index contributed by atoms with van der Waals surface area (Å²) >= 11 is 23.4. The van der Waals surface area contributed by atoms with Crippen LogP contribution in [0.15, 0.2) is 30.3 Å². The lowest BCUT2D eigenvalue weighted by molar-refractivity contribution is -0.122. The second-order valence-corrected chi connectivity index (χ2v) is 10.6. The van der Waals surface area contributed by atoms with E-state index in [4.69, 9.17) is 47.0 Å². The first-order chi connectivity index (χ1) is 14.8. The second kappa shape index (κ2) is 16.8. The molecule has 0 aliphatic carbocycles. The van der Waals surface area contributed by atoms with Gasteiger partial charge in [-0.2, -0.15) is 0 Å². The van der Waals surface area contributed by atoms with Crippen LogP contribution in [0.5, 0.6) is 0 Å². The standard InChI is InChI=1S/C23H36Cl3N3OS/c1-2-3-4-5-6-7-8-9-10-11-15-18-20(30)28-21(23(24,25)26)29-22(31)27-19-16-13-12-14-17-19/h12-14,16-17,21H,2-11,15,18H2,1H3,(H,28,30)(H2,27,29,31)/t21-/m0/s1. The molecule has 0 aliphatic heterocycles. The minimum Gasteiger partial charge on any atom is -0.339 e. The van der Waals surface area contributed by atoms with Gasteiger partial charge >= 0.3 is 0 Å². The van der Waals surface area contributed by atoms with Gasteiger partial charge in [-0.1, -0.05) is 124 Å². The van der Waals surface area contributed by atoms with Crippen molar-refractivity contribution in [1.29, 1.82) is 0 Å². The Kier molecular flexibility index (Phi) is 15.3. The van der Waals surface area contributed by atoms with E-state index in [-0.39, 0.29) is 11.0 Å². The number of benzene rings is 1. The summed E-state index contributed by atoms with van der Waals surface area (Å²) in [4.78, 5) is 12.3. The zero-order valence-electron chi connectivity index (χ0n) is 18.4. The predicted molar refractivity (Wildman–Crippen MR) is 139 cm³/mol. The zero-order chi connectivity index (χ0) is 23.0. The molecule has 4 nitrogen and oxygen atoms in total. The Morgan fingerprint density at radius 3 is 1.90 bits per heavy atom. The average molecular weight is 509 g/mol. The van der Waals surface area contributed by atoms with Gasteiger partial charge in [-0.05, 0) is 30.8 Å². The maximum atomic E-state index is 12.3. The summed E-state index contributed by atoms with van der Waals surface area (Å²) in [6.45, 7) is 2.24. The number of alkyl halides is 3. The fraction of sp³-hybridized carbons (Fsp3) is 0.652. The molecule has 0 spiro atoms. The molecule has 0 heterocycles. The number of carbonyl (C=O) groups is 1. The molecule has 1 rings (SSSR count). The molecule has 0 bridgehead atoms. The molecule has 1 amide bonds. The molecule has 0 fully saturated rings. The number of hydrogen-bond acceptors (Lipinski definition) is 2. The SMILES string of the molecule is CCCCCCCCCCCCCC(=O)N[C@@H](NC(=S)Nc1ccccc1)C(Cl)(Cl)Cl. The topological polar surface area (TPSA) is 53.2 Å². The van der Waals surface area contributed by atoms with Gasteiger partial charge < -0.3 is 16.0 Å². The van der Waals surface area contributed by atoms with E-state index in [0.29, 0.717) is 6.42 Å². The number of para-hydroxylation sites is 1. The quantitative estimate of drug-likeness (QED) is 0.0994. The van der Waals surface area contributed by atoms with Crippen molar-refractivity contribution in [1.82, 2.24) is 10.6 Å². The summed E-state index contributed by atoms with van der Waals surface area (Å²) in [6.07, 6.45) is 13.0. The van der Waals surface area contributed by atoms with Crippen molar-refractivity contribution in [2.45, 2.75) is 93.9 Å². The van der Waals surface area contributed by atoms with E-state index in [2.05, 4.69) is 22.9 Å². The number of rotatable bonds is 15. The summed E-state index contributed by atoms with van der Waals surface area (Å²) in [5.74, 6) is -0.165. The van der Waals surface area contributed by atoms with Gasteiger partial charge in [-0.15, -0.1) is 0 Å². The van der Waals surface area contributed by atoms with E-state index in [1.54, 1.807) is 0 Å². The summed E-state index contributed by atoms with van der Waals surface area (Å²) in [7, 11) is 0. The maximum Gasteiger partial charge on any atom is 0.228 e. The van der Waals surface area contributed by atoms with Crippen molar-refractivity contribution in [3.05, 3.63) is 30.3 Å². The monoisotopic (exact) mass is 507 g/mol. The van der Waals surface area contributed by atoms with Crippen molar-refractivity contribution < 1.29 is 4.79 Å². The summed E-state index contributed by atoms with van der Waals surface area (Å²) in [6, 6.07) is 9.40. The Balaban J connectivity index is 2.21. The normalized spacial score (nSPS) is 12.3. The predicted octanol–water partition coefficient (Wildman–Crippen LogP) is 7.49. The van der Waals surface area contributed by atoms with Crippen LogP contribution in [0, 0.1) is 0 Å². The number of amides is 1. The van der Waals surface area contributed by atoms with Crippen molar-refractivity contribution in [3.8, 4) is 0 Å². The smallest absolute Gasteiger partial charge is 0.228 e. The van der Waals surface area contributed by atoms with Crippen LogP contribution >= 0.6 is 47.0 Å². The van der Waals surface area contributed by atoms with Crippen LogP contribution in [-0.4, -0.2) is 21.0 Å². The lowest BCUT2D eigenvalue weighted by atomic mass is 10.1. The molecule has 0 radical (unpaired) electrons. The molecule has 0 saturated heterocycles. The van der Waals surface area contributed by atoms with Crippen LogP contribution in [0.4, 0.5) is 5.69 Å². The molecule has 31 heavy (non-hydrogen) atoms. The highest BCUT2D eigenvalue weighted by Crippen LogP contribution is 2.29. The van der Waals surface area contributed by atoms with Crippen LogP contribution in [-0.2, 0) is 4.79 Å². The van der Waals surface area contributed by atoms with Crippen LogP contribution in [0.25, 0.3) is 0 Å². The highest BCUT2D eigenvalue weighted by Gasteiger charge is 2.34. The first-order valence-electron chi connectivity index (χ1n) is 11.3. The Hall–Kier alpha value is -0.750. The van der Waals surface area contributed by atoms with Crippen LogP contribution in [0.1, 0.15) is 84.0 Å². The van der Waals surface area contributed by atoms with Crippen molar-refractivity contribution >= 4 is 63.7 Å². The molecule has 0 saturated carbocycles. The van der Waals surface area contributed by atoms with E-state index in [1.165, 1.54) is 51.4 Å². The first kappa shape index (κ1) is 28.3. The highest BCUT2D eigenvalue weighted by atomic mass is 35.6. The fourth-order valence-corrected chi connectivity index (χ4v) is 3.77. The minimum absolute atomic E-state index is 0.165. The number of hydrogen-bond donors (Lipinski definition) is 3. The summed E-state index contributed by atoms with van der Waals surface area (Å²) in [5.41, 5.74) is 0.801. The Labute approximate surface area is 208 Å². The van der Waals surface area contributed by atoms with Gasteiger partial charge in [0.05, 0.1) is 0 Å². The molecule has 3 N–H and O–H groups in total. The largest absolute Gasteiger partial charge is 0.339 e. The molecule has 0 aliphatic rings. The van der Waals surface area contributed by atoms with E-state index in [9.17, 15) is 4.79 Å². The average Bonchev–Trinajstić information content (AvgIpc) is 2.71. The zero-order valence-corrected chi connectivity index (χ0v) is 21.5. The number of anilines is 1. The Bertz CT molecular complexity index is 626. The minimum atomic E-state index is -1.74. The molecular formula is C23H36Cl3N3OS. The third kappa shape index (κ3) is 14.8. The lowest BCUT2D eigenvalue weighted by Gasteiger charge is -2.27. The van der Waals surface area contributed by atoms with Gasteiger partial charge in [0.25, 0.3) is 0 Å². The van der Waals surface area contributed by atoms with Gasteiger partial charge in [-0.25, -0.2) is 0 Å². The second-order valence-electron chi connectivity index (χ2n) is 7.79. The maximum absolute atomic E-state index is 12.3. The number of halogens is 3. The number of nitrogens with one attached hydrogen (secondary N) is 3.